The second-order valence-corrected chi connectivity index (χ2v) is 9.80. The highest BCUT2D eigenvalue weighted by molar-refractivity contribution is 7.10. The minimum absolute atomic E-state index is 0.214. The van der Waals surface area contributed by atoms with Crippen molar-refractivity contribution >= 4 is 29.6 Å². The van der Waals surface area contributed by atoms with Gasteiger partial charge < -0.3 is 9.53 Å². The van der Waals surface area contributed by atoms with Crippen LogP contribution in [0.4, 0.5) is 10.5 Å². The number of rotatable bonds is 7. The Bertz CT molecular complexity index is 1370. The highest BCUT2D eigenvalue weighted by Crippen LogP contribution is 2.46. The number of aldehydes is 1. The van der Waals surface area contributed by atoms with Gasteiger partial charge in [-0.3, -0.25) is 5.32 Å². The van der Waals surface area contributed by atoms with Gasteiger partial charge in [-0.1, -0.05) is 72.8 Å². The van der Waals surface area contributed by atoms with Crippen LogP contribution in [0.5, 0.6) is 0 Å². The second kappa shape index (κ2) is 9.47. The molecule has 5 rings (SSSR count). The number of aryl methyl sites for hydroxylation is 2. The number of nitrogens with one attached hydrogen (secondary N) is 1. The summed E-state index contributed by atoms with van der Waals surface area (Å²) in [6.45, 7) is 4.08. The zero-order valence-corrected chi connectivity index (χ0v) is 20.5. The molecule has 1 saturated carbocycles. The number of aromatic nitrogens is 1. The molecule has 0 bridgehead atoms. The number of hydrogen-bond acceptors (Lipinski definition) is 5. The number of ether oxygens (including phenoxy) is 1. The maximum Gasteiger partial charge on any atom is 0.412 e. The lowest BCUT2D eigenvalue weighted by atomic mass is 9.95. The smallest absolute Gasteiger partial charge is 0.412 e. The second-order valence-electron chi connectivity index (χ2n) is 9.03. The van der Waals surface area contributed by atoms with Crippen LogP contribution in [0, 0.1) is 13.8 Å². The van der Waals surface area contributed by atoms with E-state index in [1.165, 1.54) is 11.5 Å². The topological polar surface area (TPSA) is 68.3 Å². The van der Waals surface area contributed by atoms with Crippen molar-refractivity contribution in [3.05, 3.63) is 95.2 Å². The van der Waals surface area contributed by atoms with Gasteiger partial charge >= 0.3 is 6.09 Å². The number of benzene rings is 3. The predicted molar refractivity (Wildman–Crippen MR) is 140 cm³/mol. The Kier molecular flexibility index (Phi) is 6.22. The SMILES string of the molecule is Cc1ccccc1COC(=O)Nc1c(C)nsc1-c1ccc(-c2ccc(C3(C=O)CC3)cc2)cc1. The lowest BCUT2D eigenvalue weighted by Crippen LogP contribution is -2.14. The molecule has 0 saturated heterocycles. The molecular weight excluding hydrogens is 456 g/mol. The molecule has 35 heavy (non-hydrogen) atoms. The number of anilines is 1. The molecule has 1 heterocycles. The van der Waals surface area contributed by atoms with Gasteiger partial charge in [0, 0.05) is 0 Å². The summed E-state index contributed by atoms with van der Waals surface area (Å²) in [5.74, 6) is 0. The Morgan fingerprint density at radius 1 is 0.971 bits per heavy atom. The number of hydrogen-bond donors (Lipinski definition) is 1. The van der Waals surface area contributed by atoms with Crippen LogP contribution in [-0.2, 0) is 21.6 Å². The third-order valence-corrected chi connectivity index (χ3v) is 7.65. The molecule has 3 aromatic carbocycles. The van der Waals surface area contributed by atoms with E-state index in [-0.39, 0.29) is 12.0 Å². The summed E-state index contributed by atoms with van der Waals surface area (Å²) in [6, 6.07) is 24.3. The van der Waals surface area contributed by atoms with E-state index >= 15 is 0 Å². The zero-order valence-electron chi connectivity index (χ0n) is 19.7. The maximum absolute atomic E-state index is 12.5. The lowest BCUT2D eigenvalue weighted by molar-refractivity contribution is -0.109. The van der Waals surface area contributed by atoms with Crippen molar-refractivity contribution in [1.29, 1.82) is 0 Å². The average molecular weight is 483 g/mol. The standard InChI is InChI=1S/C29H26N2O3S/c1-19-5-3-4-6-24(19)17-34-28(33)30-26-20(2)31-35-27(26)23-9-7-21(8-10-23)22-11-13-25(14-12-22)29(18-32)15-16-29/h3-14,18H,15-17H2,1-2H3,(H,30,33). The summed E-state index contributed by atoms with van der Waals surface area (Å²) in [6.07, 6.45) is 2.46. The third kappa shape index (κ3) is 4.75. The third-order valence-electron chi connectivity index (χ3n) is 6.66. The fraction of sp³-hybridized carbons (Fsp3) is 0.207. The molecule has 1 amide bonds. The monoisotopic (exact) mass is 482 g/mol. The maximum atomic E-state index is 12.5. The van der Waals surface area contributed by atoms with Gasteiger partial charge in [0.05, 0.1) is 21.7 Å². The van der Waals surface area contributed by atoms with Crippen molar-refractivity contribution in [3.8, 4) is 21.6 Å². The summed E-state index contributed by atoms with van der Waals surface area (Å²) in [5.41, 5.74) is 7.49. The van der Waals surface area contributed by atoms with E-state index in [4.69, 9.17) is 4.74 Å². The van der Waals surface area contributed by atoms with Gasteiger partial charge in [-0.15, -0.1) is 0 Å². The van der Waals surface area contributed by atoms with E-state index in [1.54, 1.807) is 0 Å². The average Bonchev–Trinajstić information content (AvgIpc) is 3.62. The summed E-state index contributed by atoms with van der Waals surface area (Å²) >= 11 is 1.35. The molecule has 0 atom stereocenters. The van der Waals surface area contributed by atoms with Crippen molar-refractivity contribution in [1.82, 2.24) is 4.37 Å². The van der Waals surface area contributed by atoms with Gasteiger partial charge in [0.2, 0.25) is 0 Å². The van der Waals surface area contributed by atoms with Crippen LogP contribution < -0.4 is 5.32 Å². The molecule has 0 spiro atoms. The van der Waals surface area contributed by atoms with E-state index in [0.29, 0.717) is 5.69 Å². The Morgan fingerprint density at radius 3 is 2.23 bits per heavy atom. The largest absolute Gasteiger partial charge is 0.444 e. The van der Waals surface area contributed by atoms with Crippen molar-refractivity contribution in [2.24, 2.45) is 0 Å². The molecular formula is C29H26N2O3S. The quantitative estimate of drug-likeness (QED) is 0.286. The first-order valence-electron chi connectivity index (χ1n) is 11.6. The Labute approximate surface area is 209 Å². The van der Waals surface area contributed by atoms with Gasteiger partial charge in [-0.25, -0.2) is 4.79 Å². The van der Waals surface area contributed by atoms with Crippen LogP contribution in [0.15, 0.2) is 72.8 Å². The lowest BCUT2D eigenvalue weighted by Gasteiger charge is -2.11. The molecule has 1 fully saturated rings. The van der Waals surface area contributed by atoms with Crippen molar-refractivity contribution in [2.75, 3.05) is 5.32 Å². The van der Waals surface area contributed by atoms with Crippen LogP contribution in [0.1, 0.15) is 35.2 Å². The zero-order chi connectivity index (χ0) is 24.4. The van der Waals surface area contributed by atoms with Crippen LogP contribution in [0.3, 0.4) is 0 Å². The summed E-state index contributed by atoms with van der Waals surface area (Å²) in [5, 5.41) is 2.88. The summed E-state index contributed by atoms with van der Waals surface area (Å²) in [7, 11) is 0. The minimum Gasteiger partial charge on any atom is -0.444 e. The van der Waals surface area contributed by atoms with Gasteiger partial charge in [-0.05, 0) is 71.6 Å². The van der Waals surface area contributed by atoms with E-state index in [0.717, 1.165) is 63.1 Å². The molecule has 0 aliphatic heterocycles. The summed E-state index contributed by atoms with van der Waals surface area (Å²) in [4.78, 5) is 24.8. The Morgan fingerprint density at radius 2 is 1.60 bits per heavy atom. The Hall–Kier alpha value is -3.77. The molecule has 1 N–H and O–H groups in total. The number of nitrogens with zero attached hydrogens (tertiary/aromatic N) is 1. The molecule has 4 aromatic rings. The number of amides is 1. The molecule has 1 aromatic heterocycles. The first-order valence-corrected chi connectivity index (χ1v) is 12.4. The molecule has 1 aliphatic carbocycles. The summed E-state index contributed by atoms with van der Waals surface area (Å²) < 4.78 is 9.90. The van der Waals surface area contributed by atoms with E-state index in [2.05, 4.69) is 46.1 Å². The highest BCUT2D eigenvalue weighted by Gasteiger charge is 2.44. The highest BCUT2D eigenvalue weighted by atomic mass is 32.1. The van der Waals surface area contributed by atoms with Crippen molar-refractivity contribution < 1.29 is 14.3 Å². The minimum atomic E-state index is -0.502. The van der Waals surface area contributed by atoms with Crippen LogP contribution in [0.2, 0.25) is 0 Å². The van der Waals surface area contributed by atoms with Crippen LogP contribution >= 0.6 is 11.5 Å². The van der Waals surface area contributed by atoms with Gasteiger partial charge in [-0.2, -0.15) is 4.37 Å². The van der Waals surface area contributed by atoms with Gasteiger partial charge in [0.25, 0.3) is 0 Å². The van der Waals surface area contributed by atoms with Crippen LogP contribution in [0.25, 0.3) is 21.6 Å². The normalized spacial score (nSPS) is 13.8. The fourth-order valence-corrected chi connectivity index (χ4v) is 5.04. The van der Waals surface area contributed by atoms with E-state index in [9.17, 15) is 9.59 Å². The van der Waals surface area contributed by atoms with Crippen molar-refractivity contribution in [3.63, 3.8) is 0 Å². The van der Waals surface area contributed by atoms with Gasteiger partial charge in [0.1, 0.15) is 12.9 Å². The molecule has 0 radical (unpaired) electrons. The molecule has 5 nitrogen and oxygen atoms in total. The van der Waals surface area contributed by atoms with E-state index < -0.39 is 6.09 Å². The number of carbonyl (C=O) groups excluding carboxylic acids is 2. The molecule has 176 valence electrons. The first kappa shape index (κ1) is 23.0. The van der Waals surface area contributed by atoms with E-state index in [1.807, 2.05) is 50.2 Å². The Balaban J connectivity index is 1.29. The number of carbonyl (C=O) groups is 2. The molecule has 6 heteroatoms. The fourth-order valence-electron chi connectivity index (χ4n) is 4.19. The van der Waals surface area contributed by atoms with Crippen molar-refractivity contribution in [2.45, 2.75) is 38.7 Å². The predicted octanol–water partition coefficient (Wildman–Crippen LogP) is 7.07. The molecule has 1 aliphatic rings. The van der Waals surface area contributed by atoms with Gasteiger partial charge in [0.15, 0.2) is 0 Å². The molecule has 0 unspecified atom stereocenters. The van der Waals surface area contributed by atoms with Crippen LogP contribution in [-0.4, -0.2) is 16.8 Å². The first-order chi connectivity index (χ1) is 17.0.